The summed E-state index contributed by atoms with van der Waals surface area (Å²) in [5, 5.41) is 9.90. The van der Waals surface area contributed by atoms with Crippen LogP contribution in [0.2, 0.25) is 5.02 Å². The Hall–Kier alpha value is -0.790. The molecule has 0 saturated heterocycles. The van der Waals surface area contributed by atoms with E-state index in [2.05, 4.69) is 6.58 Å². The summed E-state index contributed by atoms with van der Waals surface area (Å²) in [4.78, 5) is 0. The minimum Gasteiger partial charge on any atom is -0.389 e. The second kappa shape index (κ2) is 3.74. The Morgan fingerprint density at radius 2 is 2.25 bits per heavy atom. The van der Waals surface area contributed by atoms with Crippen molar-refractivity contribution in [2.45, 2.75) is 13.0 Å². The summed E-state index contributed by atoms with van der Waals surface area (Å²) in [6.45, 7) is 5.32. The first-order valence-corrected chi connectivity index (χ1v) is 4.13. The summed E-state index contributed by atoms with van der Waals surface area (Å²) < 4.78 is 0. The lowest BCUT2D eigenvalue weighted by atomic mass is 10.1. The van der Waals surface area contributed by atoms with Gasteiger partial charge in [-0.25, -0.2) is 0 Å². The summed E-state index contributed by atoms with van der Waals surface area (Å²) in [6, 6.07) is 5.46. The molecule has 1 N–H and O–H groups in total. The van der Waals surface area contributed by atoms with Gasteiger partial charge in [-0.05, 0) is 30.2 Å². The lowest BCUT2D eigenvalue weighted by molar-refractivity contribution is 0.199. The van der Waals surface area contributed by atoms with Gasteiger partial charge in [0.1, 0.15) is 0 Å². The zero-order valence-electron chi connectivity index (χ0n) is 6.92. The Labute approximate surface area is 77.3 Å². The summed E-state index contributed by atoms with van der Waals surface area (Å²) in [6.07, 6.45) is 1.19. The van der Waals surface area contributed by atoms with Crippen LogP contribution >= 0.6 is 11.6 Å². The van der Waals surface area contributed by atoms with Gasteiger partial charge in [-0.15, -0.1) is 0 Å². The van der Waals surface area contributed by atoms with Crippen molar-refractivity contribution in [1.29, 1.82) is 0 Å². The molecule has 0 bridgehead atoms. The molecule has 1 rings (SSSR count). The molecule has 0 aliphatic heterocycles. The molecule has 1 unspecified atom stereocenters. The molecular formula is C10H11ClO. The van der Waals surface area contributed by atoms with Crippen molar-refractivity contribution >= 4 is 17.7 Å². The second-order valence-electron chi connectivity index (χ2n) is 2.66. The Bertz CT molecular complexity index is 292. The van der Waals surface area contributed by atoms with E-state index >= 15 is 0 Å². The van der Waals surface area contributed by atoms with E-state index in [1.165, 1.54) is 0 Å². The maximum atomic E-state index is 9.31. The van der Waals surface area contributed by atoms with Gasteiger partial charge in [-0.3, -0.25) is 0 Å². The van der Waals surface area contributed by atoms with Crippen LogP contribution in [0.1, 0.15) is 24.2 Å². The molecule has 0 aliphatic carbocycles. The molecule has 0 radical (unpaired) electrons. The monoisotopic (exact) mass is 182 g/mol. The van der Waals surface area contributed by atoms with Crippen LogP contribution in [0.15, 0.2) is 24.8 Å². The molecular weight excluding hydrogens is 172 g/mol. The highest BCUT2D eigenvalue weighted by molar-refractivity contribution is 6.31. The van der Waals surface area contributed by atoms with Crippen LogP contribution in [0.4, 0.5) is 0 Å². The van der Waals surface area contributed by atoms with Crippen molar-refractivity contribution in [3.8, 4) is 0 Å². The van der Waals surface area contributed by atoms with Gasteiger partial charge >= 0.3 is 0 Å². The van der Waals surface area contributed by atoms with Gasteiger partial charge in [0, 0.05) is 5.02 Å². The Morgan fingerprint density at radius 3 is 2.75 bits per heavy atom. The van der Waals surface area contributed by atoms with E-state index in [9.17, 15) is 5.11 Å². The number of halogens is 1. The highest BCUT2D eigenvalue weighted by Gasteiger charge is 2.05. The summed E-state index contributed by atoms with van der Waals surface area (Å²) in [5.41, 5.74) is 1.71. The van der Waals surface area contributed by atoms with Gasteiger partial charge in [-0.1, -0.05) is 30.3 Å². The predicted octanol–water partition coefficient (Wildman–Crippen LogP) is 3.04. The Kier molecular flexibility index (Phi) is 2.90. The average Bonchev–Trinajstić information content (AvgIpc) is 2.05. The third kappa shape index (κ3) is 1.87. The molecule has 1 aromatic carbocycles. The molecule has 0 aliphatic rings. The first-order valence-electron chi connectivity index (χ1n) is 3.75. The van der Waals surface area contributed by atoms with E-state index < -0.39 is 6.10 Å². The van der Waals surface area contributed by atoms with Crippen molar-refractivity contribution < 1.29 is 5.11 Å². The van der Waals surface area contributed by atoms with Crippen LogP contribution in [0.5, 0.6) is 0 Å². The maximum absolute atomic E-state index is 9.31. The van der Waals surface area contributed by atoms with E-state index in [0.29, 0.717) is 5.02 Å². The fourth-order valence-corrected chi connectivity index (χ4v) is 1.28. The van der Waals surface area contributed by atoms with Crippen molar-refractivity contribution in [3.05, 3.63) is 40.9 Å². The van der Waals surface area contributed by atoms with Crippen molar-refractivity contribution in [3.63, 3.8) is 0 Å². The third-order valence-corrected chi connectivity index (χ3v) is 2.05. The minimum absolute atomic E-state index is 0.530. The van der Waals surface area contributed by atoms with Gasteiger partial charge in [0.15, 0.2) is 0 Å². The third-order valence-electron chi connectivity index (χ3n) is 1.71. The average molecular weight is 183 g/mol. The Morgan fingerprint density at radius 1 is 1.58 bits per heavy atom. The summed E-state index contributed by atoms with van der Waals surface area (Å²) in [7, 11) is 0. The largest absolute Gasteiger partial charge is 0.389 e. The van der Waals surface area contributed by atoms with Crippen LogP contribution in [0, 0.1) is 0 Å². The smallest absolute Gasteiger partial charge is 0.0776 e. The lowest BCUT2D eigenvalue weighted by Gasteiger charge is -2.07. The van der Waals surface area contributed by atoms with Gasteiger partial charge in [0.25, 0.3) is 0 Å². The molecule has 0 fully saturated rings. The number of benzene rings is 1. The van der Waals surface area contributed by atoms with Gasteiger partial charge in [-0.2, -0.15) is 0 Å². The van der Waals surface area contributed by atoms with Gasteiger partial charge < -0.3 is 5.11 Å². The van der Waals surface area contributed by atoms with Crippen LogP contribution < -0.4 is 0 Å². The van der Waals surface area contributed by atoms with E-state index in [1.54, 1.807) is 19.1 Å². The second-order valence-corrected chi connectivity index (χ2v) is 3.07. The first-order chi connectivity index (χ1) is 5.65. The number of rotatable bonds is 2. The SMILES string of the molecule is C=Cc1ccc(Cl)c(C(C)O)c1. The van der Waals surface area contributed by atoms with Gasteiger partial charge in [0.2, 0.25) is 0 Å². The highest BCUT2D eigenvalue weighted by Crippen LogP contribution is 2.24. The van der Waals surface area contributed by atoms with Crippen LogP contribution in [-0.2, 0) is 0 Å². The number of aliphatic hydroxyl groups excluding tert-OH is 1. The first kappa shape index (κ1) is 9.30. The predicted molar refractivity (Wildman–Crippen MR) is 52.2 cm³/mol. The zero-order valence-corrected chi connectivity index (χ0v) is 7.67. The molecule has 1 nitrogen and oxygen atoms in total. The van der Waals surface area contributed by atoms with E-state index in [-0.39, 0.29) is 0 Å². The zero-order chi connectivity index (χ0) is 9.14. The maximum Gasteiger partial charge on any atom is 0.0776 e. The summed E-state index contributed by atoms with van der Waals surface area (Å²) in [5.74, 6) is 0. The quantitative estimate of drug-likeness (QED) is 0.746. The molecule has 2 heteroatoms. The molecule has 0 saturated carbocycles. The molecule has 12 heavy (non-hydrogen) atoms. The van der Waals surface area contributed by atoms with Crippen LogP contribution in [0.3, 0.4) is 0 Å². The summed E-state index contributed by atoms with van der Waals surface area (Å²) >= 11 is 5.85. The van der Waals surface area contributed by atoms with Crippen molar-refractivity contribution in [2.75, 3.05) is 0 Å². The Balaban J connectivity index is 3.16. The van der Waals surface area contributed by atoms with Gasteiger partial charge in [0.05, 0.1) is 6.10 Å². The standard InChI is InChI=1S/C10H11ClO/c1-3-8-4-5-10(11)9(6-8)7(2)12/h3-7,12H,1H2,2H3. The number of hydrogen-bond acceptors (Lipinski definition) is 1. The minimum atomic E-state index is -0.530. The highest BCUT2D eigenvalue weighted by atomic mass is 35.5. The van der Waals surface area contributed by atoms with Crippen LogP contribution in [-0.4, -0.2) is 5.11 Å². The van der Waals surface area contributed by atoms with Crippen molar-refractivity contribution in [1.82, 2.24) is 0 Å². The molecule has 0 spiro atoms. The molecule has 1 aromatic rings. The van der Waals surface area contributed by atoms with Crippen LogP contribution in [0.25, 0.3) is 6.08 Å². The lowest BCUT2D eigenvalue weighted by Crippen LogP contribution is -1.92. The van der Waals surface area contributed by atoms with E-state index in [4.69, 9.17) is 11.6 Å². The fraction of sp³-hybridized carbons (Fsp3) is 0.200. The van der Waals surface area contributed by atoms with E-state index in [1.807, 2.05) is 12.1 Å². The topological polar surface area (TPSA) is 20.2 Å². The normalized spacial score (nSPS) is 12.6. The van der Waals surface area contributed by atoms with E-state index in [0.717, 1.165) is 11.1 Å². The number of hydrogen-bond donors (Lipinski definition) is 1. The fourth-order valence-electron chi connectivity index (χ4n) is 1.01. The molecule has 64 valence electrons. The molecule has 0 amide bonds. The van der Waals surface area contributed by atoms with Crippen molar-refractivity contribution in [2.24, 2.45) is 0 Å². The molecule has 0 aromatic heterocycles. The molecule has 0 heterocycles. The number of aliphatic hydroxyl groups is 1. The molecule has 1 atom stereocenters.